The molecule has 0 aliphatic carbocycles. The van der Waals surface area contributed by atoms with E-state index < -0.39 is 0 Å². The normalized spacial score (nSPS) is 10.1. The number of rotatable bonds is 1. The van der Waals surface area contributed by atoms with Gasteiger partial charge >= 0.3 is 0 Å². The Morgan fingerprint density at radius 2 is 2.25 bits per heavy atom. The Hall–Kier alpha value is -1.55. The highest BCUT2D eigenvalue weighted by Crippen LogP contribution is 2.11. The highest BCUT2D eigenvalue weighted by molar-refractivity contribution is 5.51. The molecule has 0 aromatic heterocycles. The second-order valence-electron chi connectivity index (χ2n) is 2.38. The van der Waals surface area contributed by atoms with Crippen molar-refractivity contribution in [3.63, 3.8) is 0 Å². The number of allylic oxidation sites excluding steroid dienone is 1. The molecule has 0 bridgehead atoms. The van der Waals surface area contributed by atoms with E-state index in [1.807, 2.05) is 6.92 Å². The van der Waals surface area contributed by atoms with Crippen LogP contribution >= 0.6 is 0 Å². The van der Waals surface area contributed by atoms with Crippen LogP contribution in [0.5, 0.6) is 0 Å². The molecule has 0 fully saturated rings. The van der Waals surface area contributed by atoms with Gasteiger partial charge in [-0.1, -0.05) is 24.1 Å². The summed E-state index contributed by atoms with van der Waals surface area (Å²) in [6.07, 6.45) is 8.60. The van der Waals surface area contributed by atoms with Crippen LogP contribution in [0, 0.1) is 18.2 Å². The van der Waals surface area contributed by atoms with E-state index in [2.05, 4.69) is 5.92 Å². The zero-order valence-corrected chi connectivity index (χ0v) is 6.84. The van der Waals surface area contributed by atoms with Gasteiger partial charge in [-0.05, 0) is 19.1 Å². The lowest BCUT2D eigenvalue weighted by atomic mass is 10.1. The van der Waals surface area contributed by atoms with Crippen molar-refractivity contribution in [2.24, 2.45) is 0 Å². The fraction of sp³-hybridized carbons (Fsp3) is 0.0909. The number of halogens is 1. The highest BCUT2D eigenvalue weighted by Gasteiger charge is 1.97. The van der Waals surface area contributed by atoms with Crippen LogP contribution in [0.25, 0.3) is 6.08 Å². The minimum absolute atomic E-state index is 0.274. The van der Waals surface area contributed by atoms with Crippen molar-refractivity contribution >= 4 is 6.08 Å². The summed E-state index contributed by atoms with van der Waals surface area (Å²) in [5.74, 6) is 2.10. The van der Waals surface area contributed by atoms with E-state index in [0.29, 0.717) is 11.1 Å². The summed E-state index contributed by atoms with van der Waals surface area (Å²) in [5, 5.41) is 0. The van der Waals surface area contributed by atoms with Crippen LogP contribution in [0.4, 0.5) is 4.39 Å². The van der Waals surface area contributed by atoms with Gasteiger partial charge in [0.1, 0.15) is 5.82 Å². The molecule has 0 saturated heterocycles. The minimum Gasteiger partial charge on any atom is -0.206 e. The van der Waals surface area contributed by atoms with Crippen LogP contribution in [-0.4, -0.2) is 0 Å². The van der Waals surface area contributed by atoms with Crippen molar-refractivity contribution in [1.29, 1.82) is 0 Å². The Labute approximate surface area is 71.7 Å². The molecule has 0 amide bonds. The van der Waals surface area contributed by atoms with Crippen LogP contribution in [-0.2, 0) is 0 Å². The predicted molar refractivity (Wildman–Crippen MR) is 49.0 cm³/mol. The molecular weight excluding hydrogens is 151 g/mol. The second-order valence-corrected chi connectivity index (χ2v) is 2.38. The third kappa shape index (κ3) is 1.73. The molecule has 1 rings (SSSR count). The number of hydrogen-bond acceptors (Lipinski definition) is 0. The average Bonchev–Trinajstić information content (AvgIpc) is 2.09. The summed E-state index contributed by atoms with van der Waals surface area (Å²) in [6.45, 7) is 1.84. The fourth-order valence-electron chi connectivity index (χ4n) is 0.932. The van der Waals surface area contributed by atoms with E-state index in [1.165, 1.54) is 6.07 Å². The van der Waals surface area contributed by atoms with Gasteiger partial charge in [0.15, 0.2) is 0 Å². The van der Waals surface area contributed by atoms with Crippen molar-refractivity contribution in [2.75, 3.05) is 0 Å². The quantitative estimate of drug-likeness (QED) is 0.554. The maximum atomic E-state index is 13.1. The van der Waals surface area contributed by atoms with Crippen LogP contribution in [0.15, 0.2) is 24.3 Å². The molecule has 1 aromatic rings. The zero-order valence-electron chi connectivity index (χ0n) is 6.84. The van der Waals surface area contributed by atoms with E-state index in [0.717, 1.165) is 0 Å². The molecule has 0 unspecified atom stereocenters. The monoisotopic (exact) mass is 160 g/mol. The van der Waals surface area contributed by atoms with Crippen molar-refractivity contribution < 1.29 is 4.39 Å². The van der Waals surface area contributed by atoms with E-state index in [1.54, 1.807) is 24.3 Å². The Kier molecular flexibility index (Phi) is 2.66. The molecule has 0 N–H and O–H groups in total. The van der Waals surface area contributed by atoms with Gasteiger partial charge in [-0.3, -0.25) is 0 Å². The van der Waals surface area contributed by atoms with Crippen molar-refractivity contribution in [1.82, 2.24) is 0 Å². The maximum absolute atomic E-state index is 13.1. The standard InChI is InChI=1S/C11H9F/c1-3-5-10-7-6-9(4-2)8-11(10)12/h2-3,5-8H,1H3/b5-3+. The molecular formula is C11H9F. The summed E-state index contributed by atoms with van der Waals surface area (Å²) in [7, 11) is 0. The minimum atomic E-state index is -0.274. The molecule has 0 heterocycles. The summed E-state index contributed by atoms with van der Waals surface area (Å²) < 4.78 is 13.1. The molecule has 0 aliphatic rings. The molecule has 0 aliphatic heterocycles. The summed E-state index contributed by atoms with van der Waals surface area (Å²) in [4.78, 5) is 0. The Bertz CT molecular complexity index is 343. The first kappa shape index (κ1) is 8.55. The number of hydrogen-bond donors (Lipinski definition) is 0. The van der Waals surface area contributed by atoms with Crippen molar-refractivity contribution in [3.05, 3.63) is 41.2 Å². The average molecular weight is 160 g/mol. The first-order valence-electron chi connectivity index (χ1n) is 3.67. The molecule has 0 spiro atoms. The molecule has 12 heavy (non-hydrogen) atoms. The van der Waals surface area contributed by atoms with Gasteiger partial charge in [-0.2, -0.15) is 0 Å². The van der Waals surface area contributed by atoms with Gasteiger partial charge in [-0.25, -0.2) is 4.39 Å². The van der Waals surface area contributed by atoms with Crippen LogP contribution in [0.3, 0.4) is 0 Å². The lowest BCUT2D eigenvalue weighted by Crippen LogP contribution is -1.83. The zero-order chi connectivity index (χ0) is 8.97. The second kappa shape index (κ2) is 3.73. The Morgan fingerprint density at radius 3 is 2.75 bits per heavy atom. The van der Waals surface area contributed by atoms with Crippen molar-refractivity contribution in [3.8, 4) is 12.3 Å². The predicted octanol–water partition coefficient (Wildman–Crippen LogP) is 2.84. The van der Waals surface area contributed by atoms with Gasteiger partial charge in [0, 0.05) is 11.1 Å². The smallest absolute Gasteiger partial charge is 0.131 e. The van der Waals surface area contributed by atoms with Gasteiger partial charge < -0.3 is 0 Å². The molecule has 1 aromatic carbocycles. The molecule has 0 atom stereocenters. The first-order valence-corrected chi connectivity index (χ1v) is 3.67. The van der Waals surface area contributed by atoms with Crippen LogP contribution < -0.4 is 0 Å². The van der Waals surface area contributed by atoms with E-state index in [9.17, 15) is 4.39 Å². The first-order chi connectivity index (χ1) is 5.77. The summed E-state index contributed by atoms with van der Waals surface area (Å²) in [5.41, 5.74) is 1.14. The molecule has 0 radical (unpaired) electrons. The highest BCUT2D eigenvalue weighted by atomic mass is 19.1. The lowest BCUT2D eigenvalue weighted by molar-refractivity contribution is 0.624. The maximum Gasteiger partial charge on any atom is 0.131 e. The lowest BCUT2D eigenvalue weighted by Gasteiger charge is -1.96. The third-order valence-electron chi connectivity index (χ3n) is 1.51. The van der Waals surface area contributed by atoms with E-state index in [-0.39, 0.29) is 5.82 Å². The Balaban J connectivity index is 3.14. The van der Waals surface area contributed by atoms with E-state index >= 15 is 0 Å². The molecule has 0 nitrogen and oxygen atoms in total. The molecule has 0 saturated carbocycles. The Morgan fingerprint density at radius 1 is 1.50 bits per heavy atom. The number of benzene rings is 1. The van der Waals surface area contributed by atoms with E-state index in [4.69, 9.17) is 6.42 Å². The molecule has 60 valence electrons. The van der Waals surface area contributed by atoms with Gasteiger partial charge in [0.2, 0.25) is 0 Å². The topological polar surface area (TPSA) is 0 Å². The largest absolute Gasteiger partial charge is 0.206 e. The van der Waals surface area contributed by atoms with Gasteiger partial charge in [0.05, 0.1) is 0 Å². The van der Waals surface area contributed by atoms with Crippen molar-refractivity contribution in [2.45, 2.75) is 6.92 Å². The number of terminal acetylenes is 1. The summed E-state index contributed by atoms with van der Waals surface area (Å²) in [6, 6.07) is 4.75. The third-order valence-corrected chi connectivity index (χ3v) is 1.51. The van der Waals surface area contributed by atoms with Gasteiger partial charge in [-0.15, -0.1) is 6.42 Å². The van der Waals surface area contributed by atoms with Gasteiger partial charge in [0.25, 0.3) is 0 Å². The fourth-order valence-corrected chi connectivity index (χ4v) is 0.932. The molecule has 1 heteroatoms. The summed E-state index contributed by atoms with van der Waals surface area (Å²) >= 11 is 0. The van der Waals surface area contributed by atoms with Crippen LogP contribution in [0.2, 0.25) is 0 Å². The SMILES string of the molecule is C#Cc1ccc(/C=C/C)c(F)c1. The van der Waals surface area contributed by atoms with Crippen LogP contribution in [0.1, 0.15) is 18.1 Å².